The Kier molecular flexibility index (Phi) is 6.21. The first-order valence-corrected chi connectivity index (χ1v) is 19.1. The third kappa shape index (κ3) is 4.29. The van der Waals surface area contributed by atoms with Crippen molar-refractivity contribution in [3.05, 3.63) is 176 Å². The average Bonchev–Trinajstić information content (AvgIpc) is 3.78. The summed E-state index contributed by atoms with van der Waals surface area (Å²) in [5.74, 6) is 0.665. The number of aromatic nitrogens is 3. The van der Waals surface area contributed by atoms with Crippen molar-refractivity contribution in [1.82, 2.24) is 14.5 Å². The van der Waals surface area contributed by atoms with E-state index in [9.17, 15) is 0 Å². The summed E-state index contributed by atoms with van der Waals surface area (Å²) in [6.07, 6.45) is 0. The van der Waals surface area contributed by atoms with Crippen molar-refractivity contribution in [1.29, 1.82) is 0 Å². The smallest absolute Gasteiger partial charge is 0.235 e. The predicted octanol–water partition coefficient (Wildman–Crippen LogP) is 13.9. The first-order valence-electron chi connectivity index (χ1n) is 18.3. The Bertz CT molecular complexity index is 3480. The molecule has 0 aliphatic rings. The number of para-hydroxylation sites is 2. The molecular formula is C50H29N3S. The van der Waals surface area contributed by atoms with Gasteiger partial charge in [-0.15, -0.1) is 11.3 Å². The van der Waals surface area contributed by atoms with Crippen molar-refractivity contribution in [2.75, 3.05) is 0 Å². The molecule has 250 valence electrons. The maximum absolute atomic E-state index is 5.45. The van der Waals surface area contributed by atoms with Gasteiger partial charge in [-0.25, -0.2) is 9.97 Å². The van der Waals surface area contributed by atoms with Crippen LogP contribution in [0.25, 0.3) is 114 Å². The van der Waals surface area contributed by atoms with Gasteiger partial charge < -0.3 is 0 Å². The van der Waals surface area contributed by atoms with E-state index in [2.05, 4.69) is 180 Å². The Morgan fingerprint density at radius 3 is 1.65 bits per heavy atom. The van der Waals surface area contributed by atoms with Crippen molar-refractivity contribution in [2.24, 2.45) is 0 Å². The summed E-state index contributed by atoms with van der Waals surface area (Å²) >= 11 is 1.86. The third-order valence-electron chi connectivity index (χ3n) is 11.2. The molecule has 0 spiro atoms. The van der Waals surface area contributed by atoms with Gasteiger partial charge in [0.25, 0.3) is 0 Å². The molecule has 4 heteroatoms. The molecule has 0 saturated carbocycles. The van der Waals surface area contributed by atoms with Crippen LogP contribution >= 0.6 is 11.3 Å². The second-order valence-electron chi connectivity index (χ2n) is 14.1. The fourth-order valence-electron chi connectivity index (χ4n) is 8.71. The fourth-order valence-corrected chi connectivity index (χ4v) is 9.86. The molecule has 9 aromatic carbocycles. The maximum atomic E-state index is 5.45. The Morgan fingerprint density at radius 2 is 0.852 bits per heavy atom. The van der Waals surface area contributed by atoms with E-state index >= 15 is 0 Å². The van der Waals surface area contributed by atoms with Crippen molar-refractivity contribution in [3.8, 4) is 28.3 Å². The van der Waals surface area contributed by atoms with Crippen LogP contribution in [0.3, 0.4) is 0 Å². The lowest BCUT2D eigenvalue weighted by Crippen LogP contribution is -2.03. The van der Waals surface area contributed by atoms with Crippen LogP contribution in [0.1, 0.15) is 0 Å². The molecule has 12 aromatic rings. The number of hydrogen-bond donors (Lipinski definition) is 0. The lowest BCUT2D eigenvalue weighted by Gasteiger charge is -2.14. The van der Waals surface area contributed by atoms with E-state index in [-0.39, 0.29) is 0 Å². The molecule has 0 amide bonds. The van der Waals surface area contributed by atoms with E-state index in [0.29, 0.717) is 5.95 Å². The topological polar surface area (TPSA) is 30.7 Å². The molecule has 0 fully saturated rings. The molecule has 0 aliphatic heterocycles. The first kappa shape index (κ1) is 29.7. The number of fused-ring (bicyclic) bond motifs is 13. The highest BCUT2D eigenvalue weighted by Gasteiger charge is 2.19. The molecule has 3 nitrogen and oxygen atoms in total. The highest BCUT2D eigenvalue weighted by molar-refractivity contribution is 7.25. The number of hydrogen-bond acceptors (Lipinski definition) is 3. The van der Waals surface area contributed by atoms with Gasteiger partial charge in [-0.05, 0) is 85.9 Å². The van der Waals surface area contributed by atoms with Gasteiger partial charge in [0.2, 0.25) is 5.95 Å². The Morgan fingerprint density at radius 1 is 0.333 bits per heavy atom. The van der Waals surface area contributed by atoms with Crippen LogP contribution in [0.2, 0.25) is 0 Å². The molecule has 3 heterocycles. The number of nitrogens with zero attached hydrogens (tertiary/aromatic N) is 3. The lowest BCUT2D eigenvalue weighted by molar-refractivity contribution is 1.01. The molecule has 0 atom stereocenters. The summed E-state index contributed by atoms with van der Waals surface area (Å²) in [4.78, 5) is 10.7. The van der Waals surface area contributed by atoms with Gasteiger partial charge in [-0.3, -0.25) is 4.57 Å². The Hall–Kier alpha value is -6.88. The van der Waals surface area contributed by atoms with Gasteiger partial charge >= 0.3 is 0 Å². The van der Waals surface area contributed by atoms with Crippen molar-refractivity contribution in [2.45, 2.75) is 0 Å². The zero-order valence-electron chi connectivity index (χ0n) is 29.0. The molecular weight excluding hydrogens is 675 g/mol. The van der Waals surface area contributed by atoms with E-state index in [4.69, 9.17) is 9.97 Å². The van der Waals surface area contributed by atoms with E-state index in [1.165, 1.54) is 74.4 Å². The van der Waals surface area contributed by atoms with Gasteiger partial charge in [0, 0.05) is 41.9 Å². The zero-order chi connectivity index (χ0) is 35.3. The predicted molar refractivity (Wildman–Crippen MR) is 230 cm³/mol. The third-order valence-corrected chi connectivity index (χ3v) is 12.3. The van der Waals surface area contributed by atoms with Crippen molar-refractivity contribution in [3.63, 3.8) is 0 Å². The van der Waals surface area contributed by atoms with Crippen molar-refractivity contribution < 1.29 is 0 Å². The molecule has 0 unspecified atom stereocenters. The molecule has 0 bridgehead atoms. The minimum Gasteiger partial charge on any atom is -0.278 e. The highest BCUT2D eigenvalue weighted by atomic mass is 32.1. The first-order chi connectivity index (χ1) is 26.8. The quantitative estimate of drug-likeness (QED) is 0.172. The van der Waals surface area contributed by atoms with Crippen LogP contribution in [0.15, 0.2) is 176 Å². The van der Waals surface area contributed by atoms with Crippen LogP contribution in [-0.2, 0) is 0 Å². The molecule has 0 radical (unpaired) electrons. The SMILES string of the molecule is c1ccc2c(-c3ccc4c5ccccc5c5ccccc5c4c3)nc(-n3c4ccccc4c4cc(-c5ccc6c(c5)sc5ccccc56)ccc43)nc2c1. The minimum atomic E-state index is 0.665. The highest BCUT2D eigenvalue weighted by Crippen LogP contribution is 2.41. The van der Waals surface area contributed by atoms with Crippen molar-refractivity contribution >= 4 is 96.5 Å². The lowest BCUT2D eigenvalue weighted by atomic mass is 9.92. The van der Waals surface area contributed by atoms with E-state index < -0.39 is 0 Å². The van der Waals surface area contributed by atoms with Gasteiger partial charge in [0.15, 0.2) is 0 Å². The summed E-state index contributed by atoms with van der Waals surface area (Å²) in [5.41, 5.74) is 7.49. The molecule has 0 saturated heterocycles. The number of thiophene rings is 1. The summed E-state index contributed by atoms with van der Waals surface area (Å²) in [7, 11) is 0. The van der Waals surface area contributed by atoms with E-state index in [1.54, 1.807) is 0 Å². The standard InChI is InChI=1S/C50H29N3S/c1-2-13-35-33(11-1)34-12-3-4-14-36(34)42-28-32(22-24-37(35)42)49-41-17-5-8-18-44(41)51-50(52-49)53-45-19-9-6-15-38(45)43-27-30(23-26-46(43)53)31-21-25-40-39-16-7-10-20-47(39)54-48(40)29-31/h1-29H. The van der Waals surface area contributed by atoms with Crippen LogP contribution in [-0.4, -0.2) is 14.5 Å². The summed E-state index contributed by atoms with van der Waals surface area (Å²) < 4.78 is 4.87. The summed E-state index contributed by atoms with van der Waals surface area (Å²) in [5, 5.41) is 13.6. The summed E-state index contributed by atoms with van der Waals surface area (Å²) in [6.45, 7) is 0. The van der Waals surface area contributed by atoms with Crippen LogP contribution in [0.5, 0.6) is 0 Å². The minimum absolute atomic E-state index is 0.665. The summed E-state index contributed by atoms with van der Waals surface area (Å²) in [6, 6.07) is 63.7. The number of rotatable bonds is 3. The maximum Gasteiger partial charge on any atom is 0.235 e. The Balaban J connectivity index is 1.07. The van der Waals surface area contributed by atoms with E-state index in [0.717, 1.165) is 33.2 Å². The second kappa shape index (κ2) is 11.3. The van der Waals surface area contributed by atoms with Gasteiger partial charge in [0.1, 0.15) is 0 Å². The van der Waals surface area contributed by atoms with Crippen LogP contribution < -0.4 is 0 Å². The average molecular weight is 704 g/mol. The molecule has 12 rings (SSSR count). The van der Waals surface area contributed by atoms with Crippen LogP contribution in [0.4, 0.5) is 0 Å². The number of benzene rings is 9. The monoisotopic (exact) mass is 703 g/mol. The molecule has 54 heavy (non-hydrogen) atoms. The van der Waals surface area contributed by atoms with E-state index in [1.807, 2.05) is 11.3 Å². The largest absolute Gasteiger partial charge is 0.278 e. The van der Waals surface area contributed by atoms with Crippen LogP contribution in [0, 0.1) is 0 Å². The Labute approximate surface area is 314 Å². The zero-order valence-corrected chi connectivity index (χ0v) is 29.8. The van der Waals surface area contributed by atoms with Gasteiger partial charge in [-0.2, -0.15) is 0 Å². The fraction of sp³-hybridized carbons (Fsp3) is 0. The van der Waals surface area contributed by atoms with Gasteiger partial charge in [-0.1, -0.05) is 133 Å². The normalized spacial score (nSPS) is 12.1. The molecule has 3 aromatic heterocycles. The molecule has 0 N–H and O–H groups in total. The van der Waals surface area contributed by atoms with Gasteiger partial charge in [0.05, 0.1) is 22.2 Å². The molecule has 0 aliphatic carbocycles. The second-order valence-corrected chi connectivity index (χ2v) is 15.2.